The van der Waals surface area contributed by atoms with Crippen LogP contribution in [0, 0.1) is 5.92 Å². The minimum Gasteiger partial charge on any atom is -0.444 e. The summed E-state index contributed by atoms with van der Waals surface area (Å²) < 4.78 is 5.43. The molecule has 0 heterocycles. The normalized spacial score (nSPS) is 13.3. The van der Waals surface area contributed by atoms with Gasteiger partial charge < -0.3 is 20.3 Å². The minimum absolute atomic E-state index is 0.0736. The Morgan fingerprint density at radius 3 is 2.00 bits per heavy atom. The lowest BCUT2D eigenvalue weighted by Crippen LogP contribution is -2.55. The molecule has 3 amide bonds. The molecule has 2 N–H and O–H groups in total. The van der Waals surface area contributed by atoms with Crippen molar-refractivity contribution in [3.8, 4) is 0 Å². The Bertz CT molecular complexity index is 802. The van der Waals surface area contributed by atoms with Crippen LogP contribution in [0.2, 0.25) is 0 Å². The van der Waals surface area contributed by atoms with Gasteiger partial charge in [-0.2, -0.15) is 0 Å². The van der Waals surface area contributed by atoms with E-state index in [1.54, 1.807) is 25.7 Å². The molecule has 1 aromatic rings. The summed E-state index contributed by atoms with van der Waals surface area (Å²) in [6.07, 6.45) is 5.73. The van der Waals surface area contributed by atoms with E-state index in [0.29, 0.717) is 6.54 Å². The van der Waals surface area contributed by atoms with Crippen molar-refractivity contribution in [3.63, 3.8) is 0 Å². The molecule has 7 nitrogen and oxygen atoms in total. The van der Waals surface area contributed by atoms with Crippen LogP contribution >= 0.6 is 0 Å². The Labute approximate surface area is 218 Å². The molecule has 0 aromatic heterocycles. The van der Waals surface area contributed by atoms with Gasteiger partial charge in [0.25, 0.3) is 0 Å². The molecule has 0 aliphatic rings. The maximum absolute atomic E-state index is 14.0. The monoisotopic (exact) mass is 503 g/mol. The van der Waals surface area contributed by atoms with E-state index in [4.69, 9.17) is 4.74 Å². The number of benzene rings is 1. The molecule has 2 atom stereocenters. The van der Waals surface area contributed by atoms with Gasteiger partial charge in [-0.15, -0.1) is 0 Å². The molecular weight excluding hydrogens is 454 g/mol. The predicted octanol–water partition coefficient (Wildman–Crippen LogP) is 5.99. The van der Waals surface area contributed by atoms with Crippen LogP contribution < -0.4 is 10.6 Å². The van der Waals surface area contributed by atoms with Crippen molar-refractivity contribution in [2.75, 3.05) is 6.54 Å². The van der Waals surface area contributed by atoms with Crippen LogP contribution in [0.3, 0.4) is 0 Å². The highest BCUT2D eigenvalue weighted by molar-refractivity contribution is 5.92. The molecule has 0 bridgehead atoms. The van der Waals surface area contributed by atoms with Gasteiger partial charge >= 0.3 is 6.09 Å². The zero-order valence-electron chi connectivity index (χ0n) is 23.7. The number of alkyl carbamates (subject to hydrolysis) is 1. The smallest absolute Gasteiger partial charge is 0.408 e. The molecular formula is C29H49N3O4. The molecule has 0 spiro atoms. The Kier molecular flexibility index (Phi) is 13.6. The van der Waals surface area contributed by atoms with Gasteiger partial charge in [0.2, 0.25) is 11.8 Å². The van der Waals surface area contributed by atoms with Crippen LogP contribution in [-0.4, -0.2) is 47.0 Å². The standard InChI is InChI=1S/C29H49N3O4/c1-9-10-11-12-13-17-20-32(25(26(33)30-22(4)5)23-18-15-14-16-19-23)27(34)24(21(2)3)31-28(35)36-29(6,7)8/h14-16,18-19,21-22,24-25H,9-13,17,20H2,1-8H3,(H,30,33)(H,31,35). The van der Waals surface area contributed by atoms with Crippen molar-refractivity contribution in [2.45, 2.75) is 118 Å². The maximum atomic E-state index is 14.0. The highest BCUT2D eigenvalue weighted by Gasteiger charge is 2.37. The maximum Gasteiger partial charge on any atom is 0.408 e. The van der Waals surface area contributed by atoms with Gasteiger partial charge in [-0.25, -0.2) is 4.79 Å². The van der Waals surface area contributed by atoms with Crippen molar-refractivity contribution in [3.05, 3.63) is 35.9 Å². The molecule has 36 heavy (non-hydrogen) atoms. The Balaban J connectivity index is 3.31. The number of nitrogens with one attached hydrogen (secondary N) is 2. The van der Waals surface area contributed by atoms with Gasteiger partial charge in [0.15, 0.2) is 0 Å². The fraction of sp³-hybridized carbons (Fsp3) is 0.690. The second-order valence-corrected chi connectivity index (χ2v) is 11.1. The molecule has 1 aromatic carbocycles. The average Bonchev–Trinajstić information content (AvgIpc) is 2.77. The lowest BCUT2D eigenvalue weighted by atomic mass is 9.98. The number of hydrogen-bond donors (Lipinski definition) is 2. The van der Waals surface area contributed by atoms with Gasteiger partial charge in [-0.05, 0) is 52.5 Å². The number of unbranched alkanes of at least 4 members (excludes halogenated alkanes) is 5. The first-order chi connectivity index (χ1) is 16.9. The molecule has 204 valence electrons. The number of carbonyl (C=O) groups excluding carboxylic acids is 3. The van der Waals surface area contributed by atoms with Gasteiger partial charge in [-0.3, -0.25) is 9.59 Å². The van der Waals surface area contributed by atoms with E-state index < -0.39 is 23.8 Å². The molecule has 2 unspecified atom stereocenters. The Morgan fingerprint density at radius 2 is 1.47 bits per heavy atom. The highest BCUT2D eigenvalue weighted by Crippen LogP contribution is 2.25. The fourth-order valence-electron chi connectivity index (χ4n) is 4.03. The molecule has 0 aliphatic heterocycles. The number of amides is 3. The van der Waals surface area contributed by atoms with Crippen LogP contribution in [-0.2, 0) is 14.3 Å². The first-order valence-electron chi connectivity index (χ1n) is 13.5. The summed E-state index contributed by atoms with van der Waals surface area (Å²) in [5.41, 5.74) is 0.0612. The van der Waals surface area contributed by atoms with Crippen molar-refractivity contribution in [1.29, 1.82) is 0 Å². The van der Waals surface area contributed by atoms with Gasteiger partial charge in [0.05, 0.1) is 0 Å². The van der Waals surface area contributed by atoms with E-state index >= 15 is 0 Å². The number of hydrogen-bond acceptors (Lipinski definition) is 4. The second kappa shape index (κ2) is 15.5. The van der Waals surface area contributed by atoms with Gasteiger partial charge in [-0.1, -0.05) is 83.2 Å². The van der Waals surface area contributed by atoms with Crippen LogP contribution in [0.25, 0.3) is 0 Å². The summed E-state index contributed by atoms with van der Waals surface area (Å²) in [7, 11) is 0. The topological polar surface area (TPSA) is 87.7 Å². The summed E-state index contributed by atoms with van der Waals surface area (Å²) in [4.78, 5) is 41.7. The van der Waals surface area contributed by atoms with E-state index in [1.165, 1.54) is 12.8 Å². The Morgan fingerprint density at radius 1 is 0.889 bits per heavy atom. The third kappa shape index (κ3) is 11.4. The first kappa shape index (κ1) is 31.5. The summed E-state index contributed by atoms with van der Waals surface area (Å²) in [5, 5.41) is 5.76. The molecule has 0 aliphatic carbocycles. The van der Waals surface area contributed by atoms with Crippen LogP contribution in [0.5, 0.6) is 0 Å². The molecule has 0 radical (unpaired) electrons. The van der Waals surface area contributed by atoms with Crippen molar-refractivity contribution < 1.29 is 19.1 Å². The third-order valence-corrected chi connectivity index (χ3v) is 5.75. The molecule has 0 saturated heterocycles. The van der Waals surface area contributed by atoms with Crippen LogP contribution in [0.15, 0.2) is 30.3 Å². The predicted molar refractivity (Wildman–Crippen MR) is 146 cm³/mol. The summed E-state index contributed by atoms with van der Waals surface area (Å²) in [6, 6.07) is 7.69. The Hall–Kier alpha value is -2.57. The quantitative estimate of drug-likeness (QED) is 0.305. The largest absolute Gasteiger partial charge is 0.444 e. The lowest BCUT2D eigenvalue weighted by Gasteiger charge is -2.36. The van der Waals surface area contributed by atoms with E-state index in [9.17, 15) is 14.4 Å². The van der Waals surface area contributed by atoms with Crippen molar-refractivity contribution in [2.24, 2.45) is 5.92 Å². The molecule has 1 rings (SSSR count). The summed E-state index contributed by atoms with van der Waals surface area (Å²) in [6.45, 7) is 15.5. The minimum atomic E-state index is -0.821. The molecule has 7 heteroatoms. The van der Waals surface area contributed by atoms with Crippen molar-refractivity contribution >= 4 is 17.9 Å². The van der Waals surface area contributed by atoms with Crippen LogP contribution in [0.1, 0.15) is 106 Å². The average molecular weight is 504 g/mol. The molecule has 0 saturated carbocycles. The van der Waals surface area contributed by atoms with E-state index in [2.05, 4.69) is 17.6 Å². The van der Waals surface area contributed by atoms with E-state index in [0.717, 1.165) is 31.2 Å². The van der Waals surface area contributed by atoms with Gasteiger partial charge in [0.1, 0.15) is 17.7 Å². The number of rotatable bonds is 14. The SMILES string of the molecule is CCCCCCCCN(C(=O)C(NC(=O)OC(C)(C)C)C(C)C)C(C(=O)NC(C)C)c1ccccc1. The number of ether oxygens (including phenoxy) is 1. The third-order valence-electron chi connectivity index (χ3n) is 5.75. The van der Waals surface area contributed by atoms with E-state index in [-0.39, 0.29) is 23.8 Å². The fourth-order valence-corrected chi connectivity index (χ4v) is 4.03. The number of nitrogens with zero attached hydrogens (tertiary/aromatic N) is 1. The first-order valence-corrected chi connectivity index (χ1v) is 13.5. The zero-order valence-corrected chi connectivity index (χ0v) is 23.7. The van der Waals surface area contributed by atoms with Crippen LogP contribution in [0.4, 0.5) is 4.79 Å². The molecule has 0 fully saturated rings. The number of carbonyl (C=O) groups is 3. The second-order valence-electron chi connectivity index (χ2n) is 11.1. The highest BCUT2D eigenvalue weighted by atomic mass is 16.6. The zero-order chi connectivity index (χ0) is 27.3. The van der Waals surface area contributed by atoms with Gasteiger partial charge in [0, 0.05) is 12.6 Å². The summed E-state index contributed by atoms with van der Waals surface area (Å²) >= 11 is 0. The van der Waals surface area contributed by atoms with Crippen molar-refractivity contribution in [1.82, 2.24) is 15.5 Å². The lowest BCUT2D eigenvalue weighted by molar-refractivity contribution is -0.143. The summed E-state index contributed by atoms with van der Waals surface area (Å²) in [5.74, 6) is -0.700. The van der Waals surface area contributed by atoms with E-state index in [1.807, 2.05) is 58.0 Å².